The highest BCUT2D eigenvalue weighted by atomic mass is 19.1. The quantitative estimate of drug-likeness (QED) is 0.771. The zero-order valence-corrected chi connectivity index (χ0v) is 16.0. The molecule has 0 spiro atoms. The van der Waals surface area contributed by atoms with E-state index in [1.54, 1.807) is 11.8 Å². The van der Waals surface area contributed by atoms with Gasteiger partial charge in [0.05, 0.1) is 5.92 Å². The van der Waals surface area contributed by atoms with Crippen molar-refractivity contribution in [1.29, 1.82) is 0 Å². The van der Waals surface area contributed by atoms with Crippen molar-refractivity contribution in [1.82, 2.24) is 10.2 Å². The number of rotatable bonds is 6. The minimum absolute atomic E-state index is 0.178. The summed E-state index contributed by atoms with van der Waals surface area (Å²) in [6.07, 6.45) is 0.119. The molecular weight excluding hydrogens is 351 g/mol. The Morgan fingerprint density at radius 3 is 2.30 bits per heavy atom. The summed E-state index contributed by atoms with van der Waals surface area (Å²) in [6, 6.07) is 5.41. The molecule has 0 radical (unpaired) electrons. The maximum atomic E-state index is 13.0. The number of ether oxygens (including phenoxy) is 1. The SMILES string of the molecule is CC(C)CNC(=O)[C@@H](C)OC(=O)C1CCN(C(=O)c2ccc(F)cc2)CC1. The number of nitrogens with one attached hydrogen (secondary N) is 1. The topological polar surface area (TPSA) is 75.7 Å². The third kappa shape index (κ3) is 6.05. The molecule has 1 aliphatic rings. The first kappa shape index (κ1) is 20.9. The second-order valence-electron chi connectivity index (χ2n) is 7.29. The van der Waals surface area contributed by atoms with Gasteiger partial charge in [0, 0.05) is 25.2 Å². The molecule has 0 aliphatic carbocycles. The molecule has 1 N–H and O–H groups in total. The average Bonchev–Trinajstić information content (AvgIpc) is 2.66. The number of hydrogen-bond acceptors (Lipinski definition) is 4. The summed E-state index contributed by atoms with van der Waals surface area (Å²) in [6.45, 7) is 6.90. The fourth-order valence-electron chi connectivity index (χ4n) is 2.87. The van der Waals surface area contributed by atoms with Crippen molar-refractivity contribution in [3.8, 4) is 0 Å². The van der Waals surface area contributed by atoms with E-state index < -0.39 is 12.1 Å². The first-order valence-corrected chi connectivity index (χ1v) is 9.31. The molecule has 1 aromatic carbocycles. The van der Waals surface area contributed by atoms with E-state index in [0.717, 1.165) is 0 Å². The van der Waals surface area contributed by atoms with Gasteiger partial charge in [-0.25, -0.2) is 4.39 Å². The number of hydrogen-bond donors (Lipinski definition) is 1. The number of carbonyl (C=O) groups is 3. The predicted molar refractivity (Wildman–Crippen MR) is 98.4 cm³/mol. The lowest BCUT2D eigenvalue weighted by atomic mass is 9.96. The number of esters is 1. The molecular formula is C20H27FN2O4. The molecule has 1 fully saturated rings. The summed E-state index contributed by atoms with van der Waals surface area (Å²) >= 11 is 0. The van der Waals surface area contributed by atoms with Gasteiger partial charge in [0.2, 0.25) is 0 Å². The van der Waals surface area contributed by atoms with E-state index in [0.29, 0.717) is 44.0 Å². The molecule has 0 saturated carbocycles. The van der Waals surface area contributed by atoms with Gasteiger partial charge in [0.15, 0.2) is 6.10 Å². The summed E-state index contributed by atoms with van der Waals surface area (Å²) < 4.78 is 18.3. The third-order valence-electron chi connectivity index (χ3n) is 4.55. The summed E-state index contributed by atoms with van der Waals surface area (Å²) in [5.74, 6) is -1.29. The maximum absolute atomic E-state index is 13.0. The van der Waals surface area contributed by atoms with Crippen LogP contribution in [-0.4, -0.2) is 48.4 Å². The van der Waals surface area contributed by atoms with Gasteiger partial charge in [-0.3, -0.25) is 14.4 Å². The van der Waals surface area contributed by atoms with E-state index in [1.807, 2.05) is 13.8 Å². The molecule has 0 aromatic heterocycles. The molecule has 27 heavy (non-hydrogen) atoms. The van der Waals surface area contributed by atoms with Gasteiger partial charge in [-0.15, -0.1) is 0 Å². The van der Waals surface area contributed by atoms with Crippen LogP contribution in [0.1, 0.15) is 44.0 Å². The Labute approximate surface area is 159 Å². The van der Waals surface area contributed by atoms with Crippen molar-refractivity contribution >= 4 is 17.8 Å². The van der Waals surface area contributed by atoms with E-state index in [4.69, 9.17) is 4.74 Å². The molecule has 7 heteroatoms. The van der Waals surface area contributed by atoms with Gasteiger partial charge in [-0.1, -0.05) is 13.8 Å². The zero-order chi connectivity index (χ0) is 20.0. The summed E-state index contributed by atoms with van der Waals surface area (Å²) in [5, 5.41) is 2.74. The summed E-state index contributed by atoms with van der Waals surface area (Å²) in [4.78, 5) is 38.3. The summed E-state index contributed by atoms with van der Waals surface area (Å²) in [5.41, 5.74) is 0.424. The highest BCUT2D eigenvalue weighted by molar-refractivity contribution is 5.94. The minimum atomic E-state index is -0.838. The monoisotopic (exact) mass is 378 g/mol. The van der Waals surface area contributed by atoms with Crippen molar-refractivity contribution in [3.05, 3.63) is 35.6 Å². The lowest BCUT2D eigenvalue weighted by molar-refractivity contribution is -0.160. The molecule has 0 unspecified atom stereocenters. The molecule has 1 saturated heterocycles. The number of benzene rings is 1. The Morgan fingerprint density at radius 1 is 1.15 bits per heavy atom. The van der Waals surface area contributed by atoms with Gasteiger partial charge in [-0.2, -0.15) is 0 Å². The van der Waals surface area contributed by atoms with Crippen LogP contribution < -0.4 is 5.32 Å². The molecule has 0 bridgehead atoms. The summed E-state index contributed by atoms with van der Waals surface area (Å²) in [7, 11) is 0. The molecule has 1 heterocycles. The van der Waals surface area contributed by atoms with Crippen LogP contribution in [0, 0.1) is 17.7 Å². The van der Waals surface area contributed by atoms with Crippen molar-refractivity contribution in [2.45, 2.75) is 39.7 Å². The van der Waals surface area contributed by atoms with Crippen LogP contribution in [0.2, 0.25) is 0 Å². The van der Waals surface area contributed by atoms with Gasteiger partial charge in [-0.05, 0) is 49.9 Å². The van der Waals surface area contributed by atoms with Crippen molar-refractivity contribution in [2.24, 2.45) is 11.8 Å². The Balaban J connectivity index is 1.80. The van der Waals surface area contributed by atoms with Gasteiger partial charge in [0.25, 0.3) is 11.8 Å². The van der Waals surface area contributed by atoms with Gasteiger partial charge >= 0.3 is 5.97 Å². The van der Waals surface area contributed by atoms with E-state index in [1.165, 1.54) is 24.3 Å². The van der Waals surface area contributed by atoms with Crippen LogP contribution in [0.5, 0.6) is 0 Å². The molecule has 6 nitrogen and oxygen atoms in total. The Bertz CT molecular complexity index is 667. The number of halogens is 1. The number of piperidine rings is 1. The first-order valence-electron chi connectivity index (χ1n) is 9.31. The van der Waals surface area contributed by atoms with Crippen LogP contribution in [0.4, 0.5) is 4.39 Å². The number of amides is 2. The van der Waals surface area contributed by atoms with E-state index in [-0.39, 0.29) is 23.5 Å². The third-order valence-corrected chi connectivity index (χ3v) is 4.55. The highest BCUT2D eigenvalue weighted by Gasteiger charge is 2.30. The van der Waals surface area contributed by atoms with Crippen LogP contribution in [0.25, 0.3) is 0 Å². The van der Waals surface area contributed by atoms with Gasteiger partial charge < -0.3 is 15.0 Å². The fourth-order valence-corrected chi connectivity index (χ4v) is 2.87. The van der Waals surface area contributed by atoms with E-state index in [2.05, 4.69) is 5.32 Å². The molecule has 1 aliphatic heterocycles. The van der Waals surface area contributed by atoms with Crippen LogP contribution in [0.15, 0.2) is 24.3 Å². The van der Waals surface area contributed by atoms with E-state index >= 15 is 0 Å². The number of carbonyl (C=O) groups excluding carboxylic acids is 3. The smallest absolute Gasteiger partial charge is 0.309 e. The first-order chi connectivity index (χ1) is 12.8. The van der Waals surface area contributed by atoms with E-state index in [9.17, 15) is 18.8 Å². The largest absolute Gasteiger partial charge is 0.452 e. The van der Waals surface area contributed by atoms with Crippen LogP contribution >= 0.6 is 0 Å². The average molecular weight is 378 g/mol. The van der Waals surface area contributed by atoms with Crippen molar-refractivity contribution in [2.75, 3.05) is 19.6 Å². The lowest BCUT2D eigenvalue weighted by Crippen LogP contribution is -2.42. The molecule has 1 atom stereocenters. The van der Waals surface area contributed by atoms with Crippen LogP contribution in [-0.2, 0) is 14.3 Å². The Hall–Kier alpha value is -2.44. The minimum Gasteiger partial charge on any atom is -0.452 e. The van der Waals surface area contributed by atoms with Gasteiger partial charge in [0.1, 0.15) is 5.82 Å². The van der Waals surface area contributed by atoms with Crippen LogP contribution in [0.3, 0.4) is 0 Å². The van der Waals surface area contributed by atoms with Crippen molar-refractivity contribution in [3.63, 3.8) is 0 Å². The maximum Gasteiger partial charge on any atom is 0.309 e. The predicted octanol–water partition coefficient (Wildman–Crippen LogP) is 2.38. The second kappa shape index (κ2) is 9.48. The highest BCUT2D eigenvalue weighted by Crippen LogP contribution is 2.21. The standard InChI is InChI=1S/C20H27FN2O4/c1-13(2)12-22-18(24)14(3)27-20(26)16-8-10-23(11-9-16)19(25)15-4-6-17(21)7-5-15/h4-7,13-14,16H,8-12H2,1-3H3,(H,22,24)/t14-/m1/s1. The second-order valence-corrected chi connectivity index (χ2v) is 7.29. The Kier molecular flexibility index (Phi) is 7.33. The molecule has 2 rings (SSSR count). The molecule has 148 valence electrons. The van der Waals surface area contributed by atoms with Crippen molar-refractivity contribution < 1.29 is 23.5 Å². The zero-order valence-electron chi connectivity index (χ0n) is 16.0. The molecule has 1 aromatic rings. The normalized spacial score (nSPS) is 16.1. The molecule has 2 amide bonds. The lowest BCUT2D eigenvalue weighted by Gasteiger charge is -2.31. The number of likely N-dealkylation sites (tertiary alicyclic amines) is 1. The number of nitrogens with zero attached hydrogens (tertiary/aromatic N) is 1. The Morgan fingerprint density at radius 2 is 1.74 bits per heavy atom. The fraction of sp³-hybridized carbons (Fsp3) is 0.550.